The number of hydrogen-bond donors (Lipinski definition) is 3. The second kappa shape index (κ2) is 10.00. The normalized spacial score (nSPS) is 26.1. The number of benzene rings is 1. The summed E-state index contributed by atoms with van der Waals surface area (Å²) in [6.07, 6.45) is -4.53. The molecule has 0 saturated carbocycles. The van der Waals surface area contributed by atoms with E-state index in [0.717, 1.165) is 11.8 Å². The zero-order valence-electron chi connectivity index (χ0n) is 18.1. The summed E-state index contributed by atoms with van der Waals surface area (Å²) in [7, 11) is 0. The van der Waals surface area contributed by atoms with E-state index in [9.17, 15) is 44.1 Å². The minimum Gasteiger partial charge on any atom is -0.481 e. The molecule has 1 fully saturated rings. The molecule has 34 heavy (non-hydrogen) atoms. The first-order valence-electron chi connectivity index (χ1n) is 10.4. The van der Waals surface area contributed by atoms with Crippen LogP contribution in [0.25, 0.3) is 0 Å². The zero-order valence-corrected chi connectivity index (χ0v) is 18.1. The Morgan fingerprint density at radius 1 is 0.853 bits per heavy atom. The van der Waals surface area contributed by atoms with Gasteiger partial charge in [0.05, 0.1) is 48.6 Å². The second-order valence-corrected chi connectivity index (χ2v) is 8.15. The Bertz CT molecular complexity index is 1000. The molecule has 12 heteroatoms. The Balaban J connectivity index is 2.11. The van der Waals surface area contributed by atoms with Gasteiger partial charge in [0.2, 0.25) is 0 Å². The summed E-state index contributed by atoms with van der Waals surface area (Å²) in [6, 6.07) is 4.52. The Morgan fingerprint density at radius 3 is 1.82 bits per heavy atom. The Morgan fingerprint density at radius 2 is 1.35 bits per heavy atom. The number of carboxylic acids is 3. The van der Waals surface area contributed by atoms with E-state index in [1.54, 1.807) is 0 Å². The Hall–Kier alpha value is -3.80. The van der Waals surface area contributed by atoms with Gasteiger partial charge in [-0.05, 0) is 18.1 Å². The number of rotatable bonds is 9. The Kier molecular flexibility index (Phi) is 7.30. The van der Waals surface area contributed by atoms with Crippen molar-refractivity contribution < 1.29 is 53.6 Å². The van der Waals surface area contributed by atoms with Gasteiger partial charge >= 0.3 is 23.9 Å². The molecule has 0 aromatic heterocycles. The first-order valence-corrected chi connectivity index (χ1v) is 10.4. The molecule has 1 unspecified atom stereocenters. The molecule has 2 amide bonds. The molecule has 0 spiro atoms. The number of amides is 2. The first-order chi connectivity index (χ1) is 16.0. The van der Waals surface area contributed by atoms with Crippen LogP contribution < -0.4 is 0 Å². The van der Waals surface area contributed by atoms with Crippen molar-refractivity contribution in [3.05, 3.63) is 35.4 Å². The van der Waals surface area contributed by atoms with Crippen molar-refractivity contribution in [3.8, 4) is 0 Å². The van der Waals surface area contributed by atoms with E-state index in [1.165, 1.54) is 24.3 Å². The average molecular weight is 477 g/mol. The van der Waals surface area contributed by atoms with Gasteiger partial charge in [-0.2, -0.15) is 0 Å². The molecule has 2 aliphatic heterocycles. The van der Waals surface area contributed by atoms with E-state index in [-0.39, 0.29) is 11.1 Å². The van der Waals surface area contributed by atoms with E-state index in [4.69, 9.17) is 9.47 Å². The van der Waals surface area contributed by atoms with E-state index in [0.29, 0.717) is 0 Å². The fourth-order valence-electron chi connectivity index (χ4n) is 4.71. The predicted molar refractivity (Wildman–Crippen MR) is 110 cm³/mol. The molecule has 12 nitrogen and oxygen atoms in total. The van der Waals surface area contributed by atoms with E-state index in [2.05, 4.69) is 0 Å². The lowest BCUT2D eigenvalue weighted by Crippen LogP contribution is -2.61. The smallest absolute Gasteiger partial charge is 0.306 e. The number of aliphatic carboxylic acids is 3. The number of carbonyl (C=O) groups excluding carboxylic acids is 3. The number of imide groups is 1. The Labute approximate surface area is 193 Å². The number of carboxylic acid groups (broad SMARTS) is 3. The third-order valence-electron chi connectivity index (χ3n) is 5.97. The number of carbonyl (C=O) groups is 6. The molecule has 182 valence electrons. The van der Waals surface area contributed by atoms with Crippen LogP contribution in [0.1, 0.15) is 46.9 Å². The highest BCUT2D eigenvalue weighted by Gasteiger charge is 2.54. The maximum atomic E-state index is 13.2. The monoisotopic (exact) mass is 477 g/mol. The molecule has 2 heterocycles. The molecule has 3 N–H and O–H groups in total. The van der Waals surface area contributed by atoms with Crippen LogP contribution in [0.5, 0.6) is 0 Å². The van der Waals surface area contributed by atoms with Crippen LogP contribution in [0.4, 0.5) is 0 Å². The number of nitrogens with zero attached hydrogens (tertiary/aromatic N) is 1. The van der Waals surface area contributed by atoms with Crippen molar-refractivity contribution in [1.82, 2.24) is 4.90 Å². The highest BCUT2D eigenvalue weighted by atomic mass is 16.6. The molecule has 1 aromatic rings. The maximum Gasteiger partial charge on any atom is 0.306 e. The lowest BCUT2D eigenvalue weighted by molar-refractivity contribution is -0.186. The highest BCUT2D eigenvalue weighted by molar-refractivity contribution is 6.21. The van der Waals surface area contributed by atoms with Gasteiger partial charge in [0.1, 0.15) is 6.61 Å². The zero-order chi connectivity index (χ0) is 25.2. The summed E-state index contributed by atoms with van der Waals surface area (Å²) < 4.78 is 10.8. The van der Waals surface area contributed by atoms with Crippen LogP contribution >= 0.6 is 0 Å². The predicted octanol–water partition coefficient (Wildman–Crippen LogP) is 0.638. The molecule has 0 aliphatic carbocycles. The molecular weight excluding hydrogens is 454 g/mol. The van der Waals surface area contributed by atoms with Crippen LogP contribution in [0.2, 0.25) is 0 Å². The number of fused-ring (bicyclic) bond motifs is 1. The van der Waals surface area contributed by atoms with Crippen LogP contribution in [0.3, 0.4) is 0 Å². The topological polar surface area (TPSA) is 185 Å². The highest BCUT2D eigenvalue weighted by Crippen LogP contribution is 2.42. The molecular formula is C22H23NO11. The summed E-state index contributed by atoms with van der Waals surface area (Å²) in [4.78, 5) is 73.4. The minimum atomic E-state index is -1.38. The van der Waals surface area contributed by atoms with Crippen molar-refractivity contribution in [1.29, 1.82) is 0 Å². The largest absolute Gasteiger partial charge is 0.481 e. The van der Waals surface area contributed by atoms with Gasteiger partial charge in [-0.3, -0.25) is 33.7 Å². The molecule has 5 atom stereocenters. The maximum absolute atomic E-state index is 13.2. The van der Waals surface area contributed by atoms with Crippen LogP contribution in [-0.2, 0) is 28.7 Å². The van der Waals surface area contributed by atoms with Gasteiger partial charge in [0.25, 0.3) is 11.8 Å². The molecule has 1 saturated heterocycles. The molecule has 1 aromatic carbocycles. The fraction of sp³-hybridized carbons (Fsp3) is 0.455. The quantitative estimate of drug-likeness (QED) is 0.335. The van der Waals surface area contributed by atoms with Gasteiger partial charge in [0.15, 0.2) is 0 Å². The van der Waals surface area contributed by atoms with E-state index in [1.807, 2.05) is 0 Å². The van der Waals surface area contributed by atoms with E-state index >= 15 is 0 Å². The summed E-state index contributed by atoms with van der Waals surface area (Å²) in [6.45, 7) is 0.661. The standard InChI is InChI=1S/C22H23NO11/c1-10(24)33-9-16-13(6-17(25)26)14(7-18(27)28)20(15(34-16)8-19(29)30)23-21(31)11-4-2-3-5-12(11)22(23)32/h2-5,13-16,20H,6-9H2,1H3,(H,25,26)(H,27,28)(H,29,30)/t13-,14+,15?,16-,20+/m0/s1. The average Bonchev–Trinajstić information content (AvgIpc) is 2.98. The van der Waals surface area contributed by atoms with Gasteiger partial charge < -0.3 is 24.8 Å². The number of hydrogen-bond acceptors (Lipinski definition) is 8. The van der Waals surface area contributed by atoms with Crippen LogP contribution in [-0.4, -0.2) is 80.8 Å². The summed E-state index contributed by atoms with van der Waals surface area (Å²) in [5.41, 5.74) is 0.125. The van der Waals surface area contributed by atoms with Crippen molar-refractivity contribution in [2.75, 3.05) is 6.61 Å². The molecule has 3 rings (SSSR count). The molecule has 0 radical (unpaired) electrons. The van der Waals surface area contributed by atoms with Crippen molar-refractivity contribution in [2.45, 2.75) is 44.4 Å². The van der Waals surface area contributed by atoms with Gasteiger partial charge in [-0.25, -0.2) is 0 Å². The lowest BCUT2D eigenvalue weighted by atomic mass is 9.73. The van der Waals surface area contributed by atoms with E-state index < -0.39 is 91.6 Å². The fourth-order valence-corrected chi connectivity index (χ4v) is 4.71. The van der Waals surface area contributed by atoms with Crippen molar-refractivity contribution >= 4 is 35.7 Å². The minimum absolute atomic E-state index is 0.0625. The third-order valence-corrected chi connectivity index (χ3v) is 5.97. The SMILES string of the molecule is CC(=O)OC[C@@H]1OC(CC(=O)O)[C@H](N2C(=O)c3ccccc3C2=O)[C@H](CC(=O)O)[C@@H]1CC(=O)O. The summed E-state index contributed by atoms with van der Waals surface area (Å²) in [5.74, 6) is -8.51. The van der Waals surface area contributed by atoms with Crippen LogP contribution in [0, 0.1) is 11.8 Å². The van der Waals surface area contributed by atoms with Crippen molar-refractivity contribution in [3.63, 3.8) is 0 Å². The van der Waals surface area contributed by atoms with Crippen LogP contribution in [0.15, 0.2) is 24.3 Å². The number of ether oxygens (including phenoxy) is 2. The van der Waals surface area contributed by atoms with Gasteiger partial charge in [0, 0.05) is 12.8 Å². The lowest BCUT2D eigenvalue weighted by Gasteiger charge is -2.48. The molecule has 2 aliphatic rings. The first kappa shape index (κ1) is 24.8. The summed E-state index contributed by atoms with van der Waals surface area (Å²) in [5, 5.41) is 28.5. The molecule has 0 bridgehead atoms. The third kappa shape index (κ3) is 5.06. The van der Waals surface area contributed by atoms with Gasteiger partial charge in [-0.15, -0.1) is 0 Å². The summed E-state index contributed by atoms with van der Waals surface area (Å²) >= 11 is 0. The second-order valence-electron chi connectivity index (χ2n) is 8.15. The van der Waals surface area contributed by atoms with Crippen molar-refractivity contribution in [2.24, 2.45) is 11.8 Å². The van der Waals surface area contributed by atoms with Gasteiger partial charge in [-0.1, -0.05) is 12.1 Å². The number of esters is 1.